The summed E-state index contributed by atoms with van der Waals surface area (Å²) in [6, 6.07) is 9.67. The van der Waals surface area contributed by atoms with Crippen molar-refractivity contribution in [2.75, 3.05) is 46.2 Å². The molecule has 1 aromatic heterocycles. The summed E-state index contributed by atoms with van der Waals surface area (Å²) < 4.78 is 10.4. The molecule has 3 aromatic rings. The Labute approximate surface area is 196 Å². The molecule has 2 heterocycles. The number of hydrogen-bond acceptors (Lipinski definition) is 8. The first-order valence-electron chi connectivity index (χ1n) is 10.9. The highest BCUT2D eigenvalue weighted by molar-refractivity contribution is 6.07. The highest BCUT2D eigenvalue weighted by atomic mass is 16.5. The Balaban J connectivity index is 1.54. The monoisotopic (exact) mass is 465 g/mol. The van der Waals surface area contributed by atoms with Crippen LogP contribution in [0.25, 0.3) is 10.9 Å². The van der Waals surface area contributed by atoms with Gasteiger partial charge in [-0.25, -0.2) is 4.98 Å². The van der Waals surface area contributed by atoms with Gasteiger partial charge in [-0.1, -0.05) is 0 Å². The molecule has 1 saturated heterocycles. The van der Waals surface area contributed by atoms with Crippen molar-refractivity contribution in [2.24, 2.45) is 0 Å². The number of benzene rings is 2. The minimum atomic E-state index is -0.471. The van der Waals surface area contributed by atoms with E-state index >= 15 is 0 Å². The number of fused-ring (bicyclic) bond motifs is 1. The van der Waals surface area contributed by atoms with Gasteiger partial charge in [0, 0.05) is 43.3 Å². The summed E-state index contributed by atoms with van der Waals surface area (Å²) in [5, 5.41) is 6.41. The third-order valence-electron chi connectivity index (χ3n) is 5.92. The molecule has 0 saturated carbocycles. The van der Waals surface area contributed by atoms with Gasteiger partial charge in [0.05, 0.1) is 25.1 Å². The summed E-state index contributed by atoms with van der Waals surface area (Å²) in [5.74, 6) is 0.202. The highest BCUT2D eigenvalue weighted by Crippen LogP contribution is 2.28. The molecule has 0 aliphatic carbocycles. The van der Waals surface area contributed by atoms with Crippen LogP contribution in [-0.4, -0.2) is 73.5 Å². The van der Waals surface area contributed by atoms with E-state index < -0.39 is 11.3 Å². The number of ketones is 1. The van der Waals surface area contributed by atoms with E-state index in [-0.39, 0.29) is 23.2 Å². The molecule has 1 amide bonds. The van der Waals surface area contributed by atoms with Gasteiger partial charge in [-0.2, -0.15) is 0 Å². The summed E-state index contributed by atoms with van der Waals surface area (Å²) >= 11 is 0. The third-order valence-corrected chi connectivity index (χ3v) is 5.92. The van der Waals surface area contributed by atoms with Crippen LogP contribution in [0.5, 0.6) is 11.5 Å². The molecule has 1 unspecified atom stereocenters. The predicted octanol–water partition coefficient (Wildman–Crippen LogP) is 1.40. The fraction of sp³-hybridized carbons (Fsp3) is 0.333. The van der Waals surface area contributed by atoms with Crippen molar-refractivity contribution in [2.45, 2.75) is 12.5 Å². The van der Waals surface area contributed by atoms with E-state index in [1.54, 1.807) is 30.3 Å². The molecule has 0 bridgehead atoms. The summed E-state index contributed by atoms with van der Waals surface area (Å²) in [6.07, 6.45) is 0.342. The van der Waals surface area contributed by atoms with E-state index in [1.165, 1.54) is 20.3 Å². The van der Waals surface area contributed by atoms with Gasteiger partial charge >= 0.3 is 0 Å². The van der Waals surface area contributed by atoms with E-state index in [2.05, 4.69) is 25.5 Å². The number of amides is 1. The quantitative estimate of drug-likeness (QED) is 0.447. The minimum Gasteiger partial charge on any atom is -0.493 e. The number of H-pyrrole nitrogens is 1. The molecule has 1 aliphatic heterocycles. The van der Waals surface area contributed by atoms with Crippen LogP contribution >= 0.6 is 0 Å². The normalized spacial score (nSPS) is 16.3. The fourth-order valence-corrected chi connectivity index (χ4v) is 3.95. The summed E-state index contributed by atoms with van der Waals surface area (Å²) in [5.41, 5.74) is 0.671. The number of carbonyl (C=O) groups excluding carboxylic acids is 2. The number of piperazine rings is 1. The highest BCUT2D eigenvalue weighted by Gasteiger charge is 2.22. The van der Waals surface area contributed by atoms with Gasteiger partial charge in [0.2, 0.25) is 11.7 Å². The number of rotatable bonds is 7. The third kappa shape index (κ3) is 4.92. The molecular formula is C24H27N5O5. The Kier molecular flexibility index (Phi) is 6.90. The fourth-order valence-electron chi connectivity index (χ4n) is 3.95. The smallest absolute Gasteiger partial charge is 0.259 e. The molecule has 0 radical (unpaired) electrons. The van der Waals surface area contributed by atoms with Crippen LogP contribution in [0.15, 0.2) is 41.2 Å². The maximum atomic E-state index is 12.9. The first-order valence-corrected chi connectivity index (χ1v) is 10.9. The largest absolute Gasteiger partial charge is 0.493 e. The van der Waals surface area contributed by atoms with Crippen molar-refractivity contribution in [3.05, 3.63) is 58.1 Å². The lowest BCUT2D eigenvalue weighted by Gasteiger charge is -2.32. The zero-order valence-corrected chi connectivity index (χ0v) is 19.3. The Morgan fingerprint density at radius 3 is 2.68 bits per heavy atom. The average molecular weight is 466 g/mol. The number of likely N-dealkylation sites (N-methyl/N-ethyl adjacent to an activating group) is 1. The summed E-state index contributed by atoms with van der Waals surface area (Å²) in [7, 11) is 4.98. The van der Waals surface area contributed by atoms with E-state index in [4.69, 9.17) is 9.47 Å². The maximum absolute atomic E-state index is 12.9. The lowest BCUT2D eigenvalue weighted by molar-refractivity contribution is -0.117. The van der Waals surface area contributed by atoms with Crippen LogP contribution in [0.2, 0.25) is 0 Å². The topological polar surface area (TPSA) is 126 Å². The maximum Gasteiger partial charge on any atom is 0.259 e. The van der Waals surface area contributed by atoms with Crippen LogP contribution in [0.4, 0.5) is 5.69 Å². The van der Waals surface area contributed by atoms with Crippen molar-refractivity contribution in [1.29, 1.82) is 0 Å². The van der Waals surface area contributed by atoms with Crippen molar-refractivity contribution in [1.82, 2.24) is 20.2 Å². The van der Waals surface area contributed by atoms with Gasteiger partial charge < -0.3 is 30.0 Å². The van der Waals surface area contributed by atoms with Gasteiger partial charge in [0.1, 0.15) is 0 Å². The summed E-state index contributed by atoms with van der Waals surface area (Å²) in [6.45, 7) is 2.55. The van der Waals surface area contributed by atoms with Gasteiger partial charge in [-0.05, 0) is 43.4 Å². The molecule has 3 N–H and O–H groups in total. The van der Waals surface area contributed by atoms with Gasteiger partial charge in [0.25, 0.3) is 5.56 Å². The van der Waals surface area contributed by atoms with Crippen LogP contribution in [0.3, 0.4) is 0 Å². The molecular weight excluding hydrogens is 438 g/mol. The first-order chi connectivity index (χ1) is 16.4. The molecule has 10 nitrogen and oxygen atoms in total. The van der Waals surface area contributed by atoms with Crippen molar-refractivity contribution < 1.29 is 19.1 Å². The molecule has 1 fully saturated rings. The Morgan fingerprint density at radius 1 is 1.15 bits per heavy atom. The Bertz CT molecular complexity index is 1290. The molecule has 4 rings (SSSR count). The van der Waals surface area contributed by atoms with Crippen LogP contribution in [0, 0.1) is 0 Å². The van der Waals surface area contributed by atoms with Crippen LogP contribution < -0.4 is 25.7 Å². The molecule has 10 heteroatoms. The van der Waals surface area contributed by atoms with Gasteiger partial charge in [-0.15, -0.1) is 0 Å². The van der Waals surface area contributed by atoms with Crippen LogP contribution in [0.1, 0.15) is 22.6 Å². The van der Waals surface area contributed by atoms with Crippen molar-refractivity contribution >= 4 is 28.3 Å². The lowest BCUT2D eigenvalue weighted by Crippen LogP contribution is -2.50. The van der Waals surface area contributed by atoms with E-state index in [1.807, 2.05) is 7.05 Å². The minimum absolute atomic E-state index is 0.0886. The number of nitrogens with one attached hydrogen (secondary N) is 3. The van der Waals surface area contributed by atoms with E-state index in [0.29, 0.717) is 34.7 Å². The van der Waals surface area contributed by atoms with Gasteiger partial charge in [0.15, 0.2) is 17.3 Å². The first kappa shape index (κ1) is 23.4. The van der Waals surface area contributed by atoms with E-state index in [9.17, 15) is 14.4 Å². The molecule has 2 aromatic carbocycles. The van der Waals surface area contributed by atoms with E-state index in [0.717, 1.165) is 19.6 Å². The number of methoxy groups -OCH3 is 2. The molecule has 1 aliphatic rings. The van der Waals surface area contributed by atoms with Crippen LogP contribution in [-0.2, 0) is 4.79 Å². The number of anilines is 1. The molecule has 1 atom stereocenters. The molecule has 34 heavy (non-hydrogen) atoms. The molecule has 0 spiro atoms. The lowest BCUT2D eigenvalue weighted by atomic mass is 10.1. The number of carbonyl (C=O) groups is 2. The second kappa shape index (κ2) is 10.0. The number of aromatic amines is 1. The zero-order valence-electron chi connectivity index (χ0n) is 19.3. The van der Waals surface area contributed by atoms with Gasteiger partial charge in [-0.3, -0.25) is 14.4 Å². The second-order valence-corrected chi connectivity index (χ2v) is 8.14. The summed E-state index contributed by atoms with van der Waals surface area (Å²) in [4.78, 5) is 47.2. The number of ether oxygens (including phenoxy) is 2. The molecule has 178 valence electrons. The average Bonchev–Trinajstić information content (AvgIpc) is 2.84. The Morgan fingerprint density at radius 2 is 1.94 bits per heavy atom. The van der Waals surface area contributed by atoms with Crippen molar-refractivity contribution in [3.8, 4) is 11.5 Å². The Hall–Kier alpha value is -3.76. The number of nitrogens with zero attached hydrogens (tertiary/aromatic N) is 2. The zero-order chi connectivity index (χ0) is 24.2. The number of aromatic nitrogens is 2. The predicted molar refractivity (Wildman–Crippen MR) is 128 cm³/mol. The second-order valence-electron chi connectivity index (χ2n) is 8.14. The number of hydrogen-bond donors (Lipinski definition) is 3. The van der Waals surface area contributed by atoms with Crippen molar-refractivity contribution in [3.63, 3.8) is 0 Å². The SMILES string of the molecule is COc1ccc(C(=O)c2nc3ccc(NC(=O)CC4CNCCN4C)cc3c(=O)[nH]2)cc1OC. The standard InChI is InChI=1S/C24H27N5O5/c1-29-9-8-25-13-16(29)12-21(30)26-15-5-6-18-17(11-15)24(32)28-23(27-18)22(31)14-4-7-19(33-2)20(10-14)34-3/h4-7,10-11,16,25H,8-9,12-13H2,1-3H3,(H,26,30)(H,27,28,32).